The molecule has 5 rings (SSSR count). The van der Waals surface area contributed by atoms with Gasteiger partial charge in [0.25, 0.3) is 0 Å². The van der Waals surface area contributed by atoms with Crippen LogP contribution in [0.3, 0.4) is 0 Å². The second-order valence-electron chi connectivity index (χ2n) is 8.80. The molecule has 4 aromatic rings. The maximum absolute atomic E-state index is 3.28. The Kier molecular flexibility index (Phi) is 6.46. The molecular formula is C30H32N3P. The maximum Gasteiger partial charge on any atom is 0.178 e. The Morgan fingerprint density at radius 1 is 0.765 bits per heavy atom. The smallest absolute Gasteiger partial charge is 0.178 e. The summed E-state index contributed by atoms with van der Waals surface area (Å²) in [5.74, 6) is 0. The van der Waals surface area contributed by atoms with Crippen molar-refractivity contribution < 1.29 is 0 Å². The van der Waals surface area contributed by atoms with Gasteiger partial charge in [0.15, 0.2) is 8.37 Å². The summed E-state index contributed by atoms with van der Waals surface area (Å²) in [7, 11) is -0.702. The van der Waals surface area contributed by atoms with Crippen molar-refractivity contribution in [1.82, 2.24) is 14.0 Å². The normalized spacial score (nSPS) is 15.9. The number of rotatable bonds is 7. The molecule has 1 aliphatic heterocycles. The zero-order valence-electron chi connectivity index (χ0n) is 20.4. The largest absolute Gasteiger partial charge is 0.319 e. The summed E-state index contributed by atoms with van der Waals surface area (Å²) in [5, 5.41) is 5.03. The van der Waals surface area contributed by atoms with Crippen LogP contribution in [0.5, 0.6) is 0 Å². The average Bonchev–Trinajstić information content (AvgIpc) is 3.33. The molecule has 0 bridgehead atoms. The van der Waals surface area contributed by atoms with E-state index in [1.165, 1.54) is 27.3 Å². The first kappa shape index (κ1) is 22.7. The van der Waals surface area contributed by atoms with Gasteiger partial charge in [-0.15, -0.1) is 0 Å². The molecular weight excluding hydrogens is 433 g/mol. The summed E-state index contributed by atoms with van der Waals surface area (Å²) in [6.07, 6.45) is 4.63. The van der Waals surface area contributed by atoms with E-state index < -0.39 is 8.37 Å². The molecule has 34 heavy (non-hydrogen) atoms. The van der Waals surface area contributed by atoms with Crippen LogP contribution in [0.4, 0.5) is 0 Å². The van der Waals surface area contributed by atoms with E-state index in [1.54, 1.807) is 0 Å². The number of nitrogens with zero attached hydrogens (tertiary/aromatic N) is 3. The predicted octanol–water partition coefficient (Wildman–Crippen LogP) is 8.07. The van der Waals surface area contributed by atoms with Gasteiger partial charge in [-0.3, -0.25) is 0 Å². The summed E-state index contributed by atoms with van der Waals surface area (Å²) < 4.78 is 7.78. The van der Waals surface area contributed by atoms with Crippen molar-refractivity contribution in [3.8, 4) is 0 Å². The second-order valence-corrected chi connectivity index (χ2v) is 10.8. The summed E-state index contributed by atoms with van der Waals surface area (Å²) in [6, 6.07) is 33.0. The number of fused-ring (bicyclic) bond motifs is 2. The van der Waals surface area contributed by atoms with E-state index in [0.29, 0.717) is 0 Å². The zero-order valence-corrected chi connectivity index (χ0v) is 21.3. The Morgan fingerprint density at radius 2 is 1.38 bits per heavy atom. The van der Waals surface area contributed by atoms with Crippen molar-refractivity contribution >= 4 is 29.9 Å². The Bertz CT molecular complexity index is 1210. The summed E-state index contributed by atoms with van der Waals surface area (Å²) >= 11 is 0. The first-order chi connectivity index (χ1) is 16.6. The number of hydrogen-bond acceptors (Lipinski definition) is 3. The molecule has 4 heteroatoms. The molecule has 172 valence electrons. The van der Waals surface area contributed by atoms with Crippen molar-refractivity contribution in [2.24, 2.45) is 0 Å². The summed E-state index contributed by atoms with van der Waals surface area (Å²) in [4.78, 5) is 0. The van der Waals surface area contributed by atoms with Gasteiger partial charge in [0, 0.05) is 30.9 Å². The van der Waals surface area contributed by atoms with Crippen LogP contribution in [-0.4, -0.2) is 27.1 Å². The van der Waals surface area contributed by atoms with Gasteiger partial charge >= 0.3 is 0 Å². The van der Waals surface area contributed by atoms with Crippen LogP contribution in [0.1, 0.15) is 50.9 Å². The molecule has 3 nitrogen and oxygen atoms in total. The van der Waals surface area contributed by atoms with Gasteiger partial charge in [-0.05, 0) is 59.3 Å². The lowest BCUT2D eigenvalue weighted by atomic mass is 10.00. The molecule has 0 fully saturated rings. The molecule has 1 aliphatic rings. The Hall–Kier alpha value is -3.05. The van der Waals surface area contributed by atoms with E-state index in [2.05, 4.69) is 133 Å². The van der Waals surface area contributed by atoms with Crippen LogP contribution in [0.15, 0.2) is 85.2 Å². The highest BCUT2D eigenvalue weighted by Crippen LogP contribution is 2.59. The molecule has 4 aromatic carbocycles. The van der Waals surface area contributed by atoms with Gasteiger partial charge in [-0.1, -0.05) is 80.6 Å². The van der Waals surface area contributed by atoms with Gasteiger partial charge in [0.1, 0.15) is 0 Å². The lowest BCUT2D eigenvalue weighted by Crippen LogP contribution is -2.32. The van der Waals surface area contributed by atoms with E-state index in [9.17, 15) is 0 Å². The van der Waals surface area contributed by atoms with Crippen molar-refractivity contribution in [1.29, 1.82) is 0 Å². The minimum absolute atomic E-state index is 0.243. The first-order valence-electron chi connectivity index (χ1n) is 12.2. The molecule has 0 saturated carbocycles. The fourth-order valence-electron chi connectivity index (χ4n) is 5.10. The molecule has 3 atom stereocenters. The van der Waals surface area contributed by atoms with E-state index in [0.717, 1.165) is 18.5 Å². The van der Waals surface area contributed by atoms with Crippen molar-refractivity contribution in [2.75, 3.05) is 13.1 Å². The van der Waals surface area contributed by atoms with Crippen molar-refractivity contribution in [3.05, 3.63) is 108 Å². The molecule has 0 N–H and O–H groups in total. The second kappa shape index (κ2) is 9.67. The fourth-order valence-corrected chi connectivity index (χ4v) is 7.65. The monoisotopic (exact) mass is 465 g/mol. The Morgan fingerprint density at radius 3 is 2.09 bits per heavy atom. The van der Waals surface area contributed by atoms with E-state index in [4.69, 9.17) is 0 Å². The highest BCUT2D eigenvalue weighted by Gasteiger charge is 2.38. The zero-order chi connectivity index (χ0) is 23.7. The Labute approximate surface area is 205 Å². The minimum Gasteiger partial charge on any atom is -0.319 e. The van der Waals surface area contributed by atoms with Crippen LogP contribution in [0.2, 0.25) is 0 Å². The highest BCUT2D eigenvalue weighted by atomic mass is 31.2. The number of benzene rings is 3. The van der Waals surface area contributed by atoms with E-state index in [-0.39, 0.29) is 12.1 Å². The predicted molar refractivity (Wildman–Crippen MR) is 145 cm³/mol. The Balaban J connectivity index is 1.54. The third-order valence-corrected chi connectivity index (χ3v) is 9.82. The quantitative estimate of drug-likeness (QED) is 0.256. The molecule has 1 heterocycles. The van der Waals surface area contributed by atoms with Crippen LogP contribution in [0.25, 0.3) is 21.5 Å². The van der Waals surface area contributed by atoms with Crippen LogP contribution >= 0.6 is 8.37 Å². The SMILES string of the molecule is CCN(CC)P1N([C@@H](C)c2cccc3c#cccc23)C=CN1[C@@H](C)c1cccc2ccccc12. The minimum atomic E-state index is -0.702. The number of hydrogen-bond donors (Lipinski definition) is 0. The summed E-state index contributed by atoms with van der Waals surface area (Å²) in [6.45, 7) is 11.3. The maximum atomic E-state index is 3.28. The van der Waals surface area contributed by atoms with Gasteiger partial charge < -0.3 is 9.34 Å². The standard InChI is InChI=1S/C30H32N3P/c1-5-31(6-2)34-32(23(3)27-19-11-15-25-13-7-9-17-29(25)27)21-22-33(34)24(4)28-20-12-16-26-14-8-10-18-30(26)28/h7,9-13,15-24H,5-6H2,1-4H3/t23-,24-,34?/m0/s1. The van der Waals surface area contributed by atoms with Gasteiger partial charge in [0.2, 0.25) is 0 Å². The van der Waals surface area contributed by atoms with Crippen molar-refractivity contribution in [2.45, 2.75) is 39.8 Å². The molecule has 0 aromatic heterocycles. The lowest BCUT2D eigenvalue weighted by Gasteiger charge is -2.43. The molecule has 0 aliphatic carbocycles. The fraction of sp³-hybridized carbons (Fsp3) is 0.267. The van der Waals surface area contributed by atoms with E-state index >= 15 is 0 Å². The molecule has 0 amide bonds. The highest BCUT2D eigenvalue weighted by molar-refractivity contribution is 7.50. The van der Waals surface area contributed by atoms with Gasteiger partial charge in [-0.2, -0.15) is 0 Å². The molecule has 0 radical (unpaired) electrons. The molecule has 0 saturated heterocycles. The molecule has 1 unspecified atom stereocenters. The first-order valence-corrected chi connectivity index (χ1v) is 13.4. The van der Waals surface area contributed by atoms with Crippen LogP contribution < -0.4 is 0 Å². The van der Waals surface area contributed by atoms with Gasteiger partial charge in [0.05, 0.1) is 12.1 Å². The topological polar surface area (TPSA) is 9.72 Å². The van der Waals surface area contributed by atoms with Crippen LogP contribution in [0, 0.1) is 12.1 Å². The molecule has 0 spiro atoms. The average molecular weight is 466 g/mol. The summed E-state index contributed by atoms with van der Waals surface area (Å²) in [5.41, 5.74) is 2.72. The van der Waals surface area contributed by atoms with Crippen LogP contribution in [-0.2, 0) is 0 Å². The third kappa shape index (κ3) is 3.92. The lowest BCUT2D eigenvalue weighted by molar-refractivity contribution is 0.373. The van der Waals surface area contributed by atoms with Crippen molar-refractivity contribution in [3.63, 3.8) is 0 Å². The third-order valence-electron chi connectivity index (χ3n) is 6.97. The van der Waals surface area contributed by atoms with Gasteiger partial charge in [-0.25, -0.2) is 4.67 Å². The van der Waals surface area contributed by atoms with E-state index in [1.807, 2.05) is 6.07 Å².